The molecule has 268 valence electrons. The molecule has 0 spiro atoms. The highest BCUT2D eigenvalue weighted by Gasteiger charge is 2.80. The SMILES string of the molecule is COc1ccc(-c2sc(-c3ccc(CO)cc3)cc2C2=C(c3cc(-c4ccc(C#N)cc4)sc3-c3ccc(CO)cc3)C(F)(F)C(F)(F)C2(F)F)cc1. The van der Waals surface area contributed by atoms with E-state index in [1.165, 1.54) is 67.8 Å². The van der Waals surface area contributed by atoms with Gasteiger partial charge < -0.3 is 14.9 Å². The van der Waals surface area contributed by atoms with Gasteiger partial charge in [0.15, 0.2) is 0 Å². The van der Waals surface area contributed by atoms with Crippen LogP contribution in [0.2, 0.25) is 0 Å². The minimum atomic E-state index is -5.82. The van der Waals surface area contributed by atoms with Crippen molar-refractivity contribution in [3.63, 3.8) is 0 Å². The first-order valence-corrected chi connectivity index (χ1v) is 17.7. The molecule has 53 heavy (non-hydrogen) atoms. The molecule has 1 aliphatic carbocycles. The topological polar surface area (TPSA) is 73.5 Å². The van der Waals surface area contributed by atoms with Crippen molar-refractivity contribution in [2.24, 2.45) is 0 Å². The van der Waals surface area contributed by atoms with Crippen molar-refractivity contribution in [3.05, 3.63) is 137 Å². The Morgan fingerprint density at radius 1 is 0.585 bits per heavy atom. The van der Waals surface area contributed by atoms with Gasteiger partial charge in [-0.2, -0.15) is 31.6 Å². The number of aliphatic hydroxyl groups excluding tert-OH is 2. The van der Waals surface area contributed by atoms with Crippen molar-refractivity contribution in [1.29, 1.82) is 5.26 Å². The summed E-state index contributed by atoms with van der Waals surface area (Å²) in [4.78, 5) is 0.763. The van der Waals surface area contributed by atoms with Crippen LogP contribution in [0, 0.1) is 11.3 Å². The second-order valence-corrected chi connectivity index (χ2v) is 14.4. The third-order valence-corrected chi connectivity index (χ3v) is 11.6. The fraction of sp³-hybridized carbons (Fsp3) is 0.146. The van der Waals surface area contributed by atoms with E-state index in [0.29, 0.717) is 48.9 Å². The molecule has 2 heterocycles. The van der Waals surface area contributed by atoms with Gasteiger partial charge in [-0.25, -0.2) is 0 Å². The predicted octanol–water partition coefficient (Wildman–Crippen LogP) is 11.2. The van der Waals surface area contributed by atoms with Gasteiger partial charge in [-0.3, -0.25) is 0 Å². The van der Waals surface area contributed by atoms with Gasteiger partial charge in [0.25, 0.3) is 0 Å². The predicted molar refractivity (Wildman–Crippen MR) is 195 cm³/mol. The smallest absolute Gasteiger partial charge is 0.380 e. The second kappa shape index (κ2) is 13.7. The maximum atomic E-state index is 16.5. The van der Waals surface area contributed by atoms with Crippen LogP contribution < -0.4 is 4.74 Å². The van der Waals surface area contributed by atoms with E-state index in [2.05, 4.69) is 0 Å². The van der Waals surface area contributed by atoms with Crippen LogP contribution in [0.3, 0.4) is 0 Å². The van der Waals surface area contributed by atoms with Gasteiger partial charge in [0.05, 0.1) is 32.0 Å². The molecule has 0 fully saturated rings. The van der Waals surface area contributed by atoms with E-state index < -0.39 is 40.0 Å². The lowest BCUT2D eigenvalue weighted by atomic mass is 9.91. The molecular formula is C41H27F6NO3S2. The number of allylic oxidation sites excluding steroid dienone is 2. The summed E-state index contributed by atoms with van der Waals surface area (Å²) in [6.07, 6.45) is 0. The number of nitriles is 1. The van der Waals surface area contributed by atoms with Crippen LogP contribution in [0.15, 0.2) is 109 Å². The van der Waals surface area contributed by atoms with Crippen molar-refractivity contribution in [3.8, 4) is 53.6 Å². The number of rotatable bonds is 9. The highest BCUT2D eigenvalue weighted by atomic mass is 32.1. The second-order valence-electron chi connectivity index (χ2n) is 12.3. The van der Waals surface area contributed by atoms with Crippen molar-refractivity contribution < 1.29 is 41.3 Å². The average molecular weight is 760 g/mol. The van der Waals surface area contributed by atoms with Crippen LogP contribution in [0.5, 0.6) is 5.75 Å². The maximum absolute atomic E-state index is 16.5. The summed E-state index contributed by atoms with van der Waals surface area (Å²) < 4.78 is 103. The molecule has 0 saturated heterocycles. The number of benzene rings is 4. The lowest BCUT2D eigenvalue weighted by Crippen LogP contribution is -2.48. The van der Waals surface area contributed by atoms with Gasteiger partial charge in [-0.15, -0.1) is 22.7 Å². The molecule has 4 nitrogen and oxygen atoms in total. The summed E-state index contributed by atoms with van der Waals surface area (Å²) in [5, 5.41) is 28.4. The number of ether oxygens (including phenoxy) is 1. The number of methoxy groups -OCH3 is 1. The van der Waals surface area contributed by atoms with E-state index in [0.717, 1.165) is 22.7 Å². The fourth-order valence-corrected chi connectivity index (χ4v) is 8.64. The summed E-state index contributed by atoms with van der Waals surface area (Å²) >= 11 is 1.93. The third kappa shape index (κ3) is 6.03. The van der Waals surface area contributed by atoms with Gasteiger partial charge in [-0.05, 0) is 81.9 Å². The molecule has 0 radical (unpaired) electrons. The van der Waals surface area contributed by atoms with E-state index in [1.807, 2.05) is 6.07 Å². The normalized spacial score (nSPS) is 15.8. The number of aliphatic hydroxyl groups is 2. The molecule has 2 N–H and O–H groups in total. The Bertz CT molecular complexity index is 2370. The van der Waals surface area contributed by atoms with Crippen LogP contribution in [-0.4, -0.2) is 35.1 Å². The zero-order valence-corrected chi connectivity index (χ0v) is 29.3. The van der Waals surface area contributed by atoms with Crippen molar-refractivity contribution in [2.45, 2.75) is 31.0 Å². The number of hydrogen-bond acceptors (Lipinski definition) is 6. The Morgan fingerprint density at radius 2 is 0.962 bits per heavy atom. The summed E-state index contributed by atoms with van der Waals surface area (Å²) in [5.41, 5.74) is -1.03. The van der Waals surface area contributed by atoms with Crippen LogP contribution >= 0.6 is 22.7 Å². The Labute approximate surface area is 308 Å². The van der Waals surface area contributed by atoms with E-state index >= 15 is 26.3 Å². The van der Waals surface area contributed by atoms with Crippen LogP contribution in [0.4, 0.5) is 26.3 Å². The number of halogens is 6. The molecule has 1 aliphatic rings. The molecule has 12 heteroatoms. The van der Waals surface area contributed by atoms with Crippen LogP contribution in [0.25, 0.3) is 52.9 Å². The molecule has 0 amide bonds. The van der Waals surface area contributed by atoms with Gasteiger partial charge in [0, 0.05) is 41.8 Å². The lowest BCUT2D eigenvalue weighted by Gasteiger charge is -2.26. The Balaban J connectivity index is 1.56. The minimum Gasteiger partial charge on any atom is -0.497 e. The molecule has 7 rings (SSSR count). The van der Waals surface area contributed by atoms with Crippen LogP contribution in [0.1, 0.15) is 27.8 Å². The van der Waals surface area contributed by atoms with E-state index in [-0.39, 0.29) is 28.5 Å². The van der Waals surface area contributed by atoms with Crippen molar-refractivity contribution in [1.82, 2.24) is 0 Å². The highest BCUT2D eigenvalue weighted by molar-refractivity contribution is 7.19. The lowest BCUT2D eigenvalue weighted by molar-refractivity contribution is -0.254. The highest BCUT2D eigenvalue weighted by Crippen LogP contribution is 2.67. The van der Waals surface area contributed by atoms with Crippen molar-refractivity contribution >= 4 is 33.8 Å². The summed E-state index contributed by atoms with van der Waals surface area (Å²) in [6.45, 7) is -0.576. The number of alkyl halides is 6. The first-order chi connectivity index (χ1) is 25.3. The Morgan fingerprint density at radius 3 is 1.34 bits per heavy atom. The first kappa shape index (κ1) is 36.2. The molecular weight excluding hydrogens is 733 g/mol. The van der Waals surface area contributed by atoms with Crippen LogP contribution in [-0.2, 0) is 13.2 Å². The molecule has 0 atom stereocenters. The van der Waals surface area contributed by atoms with E-state index in [4.69, 9.17) is 4.74 Å². The quantitative estimate of drug-likeness (QED) is 0.144. The Kier molecular flexibility index (Phi) is 9.32. The fourth-order valence-electron chi connectivity index (χ4n) is 6.29. The maximum Gasteiger partial charge on any atom is 0.380 e. The zero-order valence-electron chi connectivity index (χ0n) is 27.6. The summed E-state index contributed by atoms with van der Waals surface area (Å²) in [5.74, 6) is -16.1. The van der Waals surface area contributed by atoms with E-state index in [9.17, 15) is 15.5 Å². The monoisotopic (exact) mass is 759 g/mol. The average Bonchev–Trinajstić information content (AvgIpc) is 3.84. The Hall–Kier alpha value is -5.19. The number of thiophene rings is 2. The summed E-state index contributed by atoms with van der Waals surface area (Å²) in [7, 11) is 1.43. The largest absolute Gasteiger partial charge is 0.497 e. The van der Waals surface area contributed by atoms with Gasteiger partial charge in [0.2, 0.25) is 0 Å². The number of hydrogen-bond donors (Lipinski definition) is 2. The zero-order chi connectivity index (χ0) is 37.7. The van der Waals surface area contributed by atoms with Gasteiger partial charge >= 0.3 is 17.8 Å². The molecule has 0 unspecified atom stereocenters. The third-order valence-electron chi connectivity index (χ3n) is 9.14. The molecule has 2 aromatic heterocycles. The molecule has 4 aromatic carbocycles. The van der Waals surface area contributed by atoms with E-state index in [1.54, 1.807) is 48.5 Å². The molecule has 0 aliphatic heterocycles. The van der Waals surface area contributed by atoms with Gasteiger partial charge in [-0.1, -0.05) is 60.7 Å². The standard InChI is InChI=1S/C41H27F6NO3S2/c1-51-30-16-14-29(15-17-30)38-32(19-34(53-38)27-10-4-24(21-49)5-11-27)36-35(39(42,43)41(46,47)40(36,44)45)31-18-33(26-8-2-23(20-48)3-9-26)52-37(31)28-12-6-25(22-50)7-13-28/h2-19,49-50H,21-22H2,1H3. The molecule has 0 saturated carbocycles. The summed E-state index contributed by atoms with van der Waals surface area (Å²) in [6, 6.07) is 29.3. The minimum absolute atomic E-state index is 0.0376. The molecule has 6 aromatic rings. The molecule has 0 bridgehead atoms. The first-order valence-electron chi connectivity index (χ1n) is 16.1. The number of nitrogens with zero attached hydrogens (tertiary/aromatic N) is 1. The van der Waals surface area contributed by atoms with Gasteiger partial charge in [0.1, 0.15) is 5.75 Å². The van der Waals surface area contributed by atoms with Crippen molar-refractivity contribution in [2.75, 3.05) is 7.11 Å².